The Balaban J connectivity index is 3.22. The summed E-state index contributed by atoms with van der Waals surface area (Å²) in [6.07, 6.45) is 1.19. The standard InChI is InChI=1S/C13H17FN2O6S/c1-3-4-5-11(13(17)18)15-23(21,22)9-6-10(14)8(2)12(7-9)16(19)20/h6-7,11,15H,3-5H2,1-2H3,(H,17,18). The second-order valence-electron chi connectivity index (χ2n) is 4.96. The van der Waals surface area contributed by atoms with Crippen molar-refractivity contribution in [3.63, 3.8) is 0 Å². The maximum absolute atomic E-state index is 13.7. The van der Waals surface area contributed by atoms with Gasteiger partial charge < -0.3 is 5.11 Å². The summed E-state index contributed by atoms with van der Waals surface area (Å²) in [5.74, 6) is -2.43. The number of rotatable bonds is 8. The van der Waals surface area contributed by atoms with E-state index in [9.17, 15) is 27.7 Å². The molecular formula is C13H17FN2O6S. The summed E-state index contributed by atoms with van der Waals surface area (Å²) in [6, 6.07) is -0.0496. The molecule has 0 heterocycles. The third-order valence-corrected chi connectivity index (χ3v) is 4.69. The van der Waals surface area contributed by atoms with E-state index in [0.717, 1.165) is 6.92 Å². The molecule has 0 saturated heterocycles. The number of nitro groups is 1. The largest absolute Gasteiger partial charge is 0.480 e. The van der Waals surface area contributed by atoms with Gasteiger partial charge in [0.2, 0.25) is 10.0 Å². The quantitative estimate of drug-likeness (QED) is 0.546. The van der Waals surface area contributed by atoms with Gasteiger partial charge in [0.25, 0.3) is 5.69 Å². The van der Waals surface area contributed by atoms with Crippen molar-refractivity contribution in [3.8, 4) is 0 Å². The summed E-state index contributed by atoms with van der Waals surface area (Å²) in [6.45, 7) is 2.96. The maximum Gasteiger partial charge on any atom is 0.321 e. The van der Waals surface area contributed by atoms with Gasteiger partial charge in [-0.3, -0.25) is 14.9 Å². The number of nitrogens with one attached hydrogen (secondary N) is 1. The van der Waals surface area contributed by atoms with Crippen LogP contribution in [0.25, 0.3) is 0 Å². The van der Waals surface area contributed by atoms with Gasteiger partial charge in [-0.2, -0.15) is 4.72 Å². The predicted octanol–water partition coefficient (Wildman–Crippen LogP) is 1.96. The minimum absolute atomic E-state index is 0.0570. The molecule has 0 aliphatic rings. The summed E-state index contributed by atoms with van der Waals surface area (Å²) in [5.41, 5.74) is -0.986. The van der Waals surface area contributed by atoms with Crippen LogP contribution in [-0.4, -0.2) is 30.5 Å². The molecule has 0 saturated carbocycles. The highest BCUT2D eigenvalue weighted by Gasteiger charge is 2.28. The van der Waals surface area contributed by atoms with E-state index in [2.05, 4.69) is 0 Å². The van der Waals surface area contributed by atoms with Gasteiger partial charge in [0.1, 0.15) is 11.9 Å². The van der Waals surface area contributed by atoms with Crippen molar-refractivity contribution in [2.75, 3.05) is 0 Å². The minimum atomic E-state index is -4.41. The molecule has 1 rings (SSSR count). The number of halogens is 1. The van der Waals surface area contributed by atoms with Gasteiger partial charge in [0.15, 0.2) is 0 Å². The van der Waals surface area contributed by atoms with Crippen LogP contribution in [0.15, 0.2) is 17.0 Å². The molecule has 128 valence electrons. The van der Waals surface area contributed by atoms with Crippen molar-refractivity contribution in [1.29, 1.82) is 0 Å². The maximum atomic E-state index is 13.7. The Hall–Kier alpha value is -2.07. The first-order chi connectivity index (χ1) is 10.6. The minimum Gasteiger partial charge on any atom is -0.480 e. The summed E-state index contributed by atoms with van der Waals surface area (Å²) >= 11 is 0. The summed E-state index contributed by atoms with van der Waals surface area (Å²) in [4.78, 5) is 20.4. The Kier molecular flexibility index (Phi) is 6.16. The molecule has 23 heavy (non-hydrogen) atoms. The molecular weight excluding hydrogens is 331 g/mol. The van der Waals surface area contributed by atoms with Crippen LogP contribution in [-0.2, 0) is 14.8 Å². The van der Waals surface area contributed by atoms with Gasteiger partial charge in [-0.05, 0) is 19.4 Å². The van der Waals surface area contributed by atoms with Crippen LogP contribution < -0.4 is 4.72 Å². The first-order valence-electron chi connectivity index (χ1n) is 6.79. The second kappa shape index (κ2) is 7.47. The molecule has 0 aliphatic carbocycles. The number of nitro benzene ring substituents is 1. The van der Waals surface area contributed by atoms with Crippen LogP contribution in [0.5, 0.6) is 0 Å². The first kappa shape index (κ1) is 19.0. The van der Waals surface area contributed by atoms with E-state index in [-0.39, 0.29) is 12.0 Å². The fourth-order valence-electron chi connectivity index (χ4n) is 1.88. The molecule has 1 atom stereocenters. The van der Waals surface area contributed by atoms with Crippen LogP contribution in [0, 0.1) is 22.9 Å². The number of aliphatic carboxylic acids is 1. The Labute approximate surface area is 132 Å². The smallest absolute Gasteiger partial charge is 0.321 e. The third kappa shape index (κ3) is 4.70. The van der Waals surface area contributed by atoms with Crippen molar-refractivity contribution >= 4 is 21.7 Å². The van der Waals surface area contributed by atoms with E-state index < -0.39 is 43.4 Å². The lowest BCUT2D eigenvalue weighted by Gasteiger charge is -2.14. The predicted molar refractivity (Wildman–Crippen MR) is 79.1 cm³/mol. The highest BCUT2D eigenvalue weighted by molar-refractivity contribution is 7.89. The number of carboxylic acid groups (broad SMARTS) is 1. The molecule has 1 aromatic carbocycles. The van der Waals surface area contributed by atoms with E-state index in [1.807, 2.05) is 11.6 Å². The van der Waals surface area contributed by atoms with Crippen molar-refractivity contribution in [3.05, 3.63) is 33.6 Å². The molecule has 0 aromatic heterocycles. The molecule has 0 fully saturated rings. The van der Waals surface area contributed by atoms with Gasteiger partial charge in [0, 0.05) is 6.07 Å². The van der Waals surface area contributed by atoms with Crippen molar-refractivity contribution < 1.29 is 27.6 Å². The fraction of sp³-hybridized carbons (Fsp3) is 0.462. The Morgan fingerprint density at radius 3 is 2.57 bits per heavy atom. The highest BCUT2D eigenvalue weighted by Crippen LogP contribution is 2.25. The zero-order valence-corrected chi connectivity index (χ0v) is 13.4. The number of carboxylic acids is 1. The molecule has 8 nitrogen and oxygen atoms in total. The Bertz CT molecular complexity index is 719. The van der Waals surface area contributed by atoms with Gasteiger partial charge in [-0.1, -0.05) is 19.8 Å². The number of hydrogen-bond donors (Lipinski definition) is 2. The lowest BCUT2D eigenvalue weighted by Crippen LogP contribution is -2.40. The third-order valence-electron chi connectivity index (χ3n) is 3.24. The number of nitrogens with zero attached hydrogens (tertiary/aromatic N) is 1. The van der Waals surface area contributed by atoms with Crippen LogP contribution in [0.3, 0.4) is 0 Å². The van der Waals surface area contributed by atoms with Crippen molar-refractivity contribution in [1.82, 2.24) is 4.72 Å². The molecule has 0 bridgehead atoms. The number of carbonyl (C=O) groups is 1. The Morgan fingerprint density at radius 2 is 2.09 bits per heavy atom. The molecule has 1 unspecified atom stereocenters. The number of sulfonamides is 1. The first-order valence-corrected chi connectivity index (χ1v) is 8.28. The highest BCUT2D eigenvalue weighted by atomic mass is 32.2. The number of benzene rings is 1. The number of hydrogen-bond acceptors (Lipinski definition) is 5. The van der Waals surface area contributed by atoms with Gasteiger partial charge in [0.05, 0.1) is 15.4 Å². The van der Waals surface area contributed by atoms with Crippen LogP contribution in [0.4, 0.5) is 10.1 Å². The van der Waals surface area contributed by atoms with E-state index in [1.165, 1.54) is 0 Å². The fourth-order valence-corrected chi connectivity index (χ4v) is 3.14. The van der Waals surface area contributed by atoms with Crippen molar-refractivity contribution in [2.45, 2.75) is 44.0 Å². The monoisotopic (exact) mass is 348 g/mol. The van der Waals surface area contributed by atoms with Gasteiger partial charge in [-0.15, -0.1) is 0 Å². The summed E-state index contributed by atoms with van der Waals surface area (Å²) in [5, 5.41) is 19.9. The molecule has 2 N–H and O–H groups in total. The van der Waals surface area contributed by atoms with Crippen molar-refractivity contribution in [2.24, 2.45) is 0 Å². The second-order valence-corrected chi connectivity index (χ2v) is 6.67. The molecule has 0 spiro atoms. The van der Waals surface area contributed by atoms with E-state index in [4.69, 9.17) is 5.11 Å². The van der Waals surface area contributed by atoms with E-state index in [1.54, 1.807) is 0 Å². The summed E-state index contributed by atoms with van der Waals surface area (Å²) in [7, 11) is -4.41. The molecule has 0 aliphatic heterocycles. The summed E-state index contributed by atoms with van der Waals surface area (Å²) < 4.78 is 40.0. The topological polar surface area (TPSA) is 127 Å². The van der Waals surface area contributed by atoms with Crippen LogP contribution in [0.2, 0.25) is 0 Å². The van der Waals surface area contributed by atoms with Gasteiger partial charge in [-0.25, -0.2) is 12.8 Å². The average molecular weight is 348 g/mol. The van der Waals surface area contributed by atoms with Crippen LogP contribution in [0.1, 0.15) is 31.7 Å². The lowest BCUT2D eigenvalue weighted by molar-refractivity contribution is -0.385. The number of unbranched alkanes of at least 4 members (excludes halogenated alkanes) is 1. The Morgan fingerprint density at radius 1 is 1.48 bits per heavy atom. The zero-order valence-electron chi connectivity index (χ0n) is 12.6. The van der Waals surface area contributed by atoms with E-state index >= 15 is 0 Å². The molecule has 0 amide bonds. The van der Waals surface area contributed by atoms with Gasteiger partial charge >= 0.3 is 5.97 Å². The molecule has 0 radical (unpaired) electrons. The normalized spacial score (nSPS) is 12.8. The molecule has 1 aromatic rings. The molecule has 10 heteroatoms. The average Bonchev–Trinajstić information content (AvgIpc) is 2.45. The zero-order chi connectivity index (χ0) is 17.8. The lowest BCUT2D eigenvalue weighted by atomic mass is 10.1. The van der Waals surface area contributed by atoms with E-state index in [0.29, 0.717) is 25.0 Å². The SMILES string of the molecule is CCCCC(NS(=O)(=O)c1cc(F)c(C)c([N+](=O)[O-])c1)C(=O)O. The van der Waals surface area contributed by atoms with Crippen LogP contribution >= 0.6 is 0 Å².